The van der Waals surface area contributed by atoms with E-state index in [1.165, 1.54) is 0 Å². The van der Waals surface area contributed by atoms with E-state index in [4.69, 9.17) is 15.3 Å². The number of aromatic amines is 1. The Kier molecular flexibility index (Phi) is 5.86. The normalized spacial score (nSPS) is 10.1. The molecule has 0 fully saturated rings. The minimum absolute atomic E-state index is 0.00304. The predicted molar refractivity (Wildman–Crippen MR) is 107 cm³/mol. The number of hydrogen-bond donors (Lipinski definition) is 2. The molecule has 3 aromatic rings. The third kappa shape index (κ3) is 4.76. The number of aromatic nitrogens is 3. The number of aryl methyl sites for hydroxylation is 3. The largest absolute Gasteiger partial charge is 0.423 e. The van der Waals surface area contributed by atoms with Crippen LogP contribution in [0, 0.1) is 36.5 Å². The average molecular weight is 386 g/mol. The fraction of sp³-hybridized carbons (Fsp3) is 0.190. The van der Waals surface area contributed by atoms with E-state index in [2.05, 4.69) is 26.6 Å². The van der Waals surface area contributed by atoms with Gasteiger partial charge in [0.1, 0.15) is 5.75 Å². The molecule has 2 aromatic carbocycles. The number of anilines is 2. The molecule has 0 amide bonds. The van der Waals surface area contributed by atoms with Crippen molar-refractivity contribution in [2.24, 2.45) is 0 Å². The Morgan fingerprint density at radius 1 is 1.14 bits per heavy atom. The molecule has 29 heavy (non-hydrogen) atoms. The molecular formula is C21H18N6O2. The van der Waals surface area contributed by atoms with Gasteiger partial charge >= 0.3 is 11.6 Å². The van der Waals surface area contributed by atoms with Crippen molar-refractivity contribution in [2.75, 3.05) is 5.32 Å². The number of nitrogens with one attached hydrogen (secondary N) is 2. The van der Waals surface area contributed by atoms with Gasteiger partial charge in [-0.3, -0.25) is 4.79 Å². The summed E-state index contributed by atoms with van der Waals surface area (Å²) in [6.45, 7) is 3.81. The summed E-state index contributed by atoms with van der Waals surface area (Å²) in [7, 11) is 0. The highest BCUT2D eigenvalue weighted by molar-refractivity contribution is 5.56. The molecule has 0 aliphatic heterocycles. The highest BCUT2D eigenvalue weighted by Gasteiger charge is 2.12. The van der Waals surface area contributed by atoms with Crippen molar-refractivity contribution in [1.29, 1.82) is 10.5 Å². The Balaban J connectivity index is 1.84. The number of rotatable bonds is 6. The quantitative estimate of drug-likeness (QED) is 0.662. The number of benzene rings is 2. The molecule has 0 spiro atoms. The Morgan fingerprint density at radius 3 is 2.45 bits per heavy atom. The Hall–Kier alpha value is -4.17. The second-order valence-electron chi connectivity index (χ2n) is 6.43. The molecule has 1 heterocycles. The molecule has 0 atom stereocenters. The Labute approximate surface area is 167 Å². The smallest absolute Gasteiger partial charge is 0.341 e. The molecule has 0 radical (unpaired) electrons. The van der Waals surface area contributed by atoms with Crippen molar-refractivity contribution in [3.05, 3.63) is 69.0 Å². The first kappa shape index (κ1) is 19.6. The first-order valence-electron chi connectivity index (χ1n) is 8.89. The van der Waals surface area contributed by atoms with Gasteiger partial charge in [-0.1, -0.05) is 12.1 Å². The van der Waals surface area contributed by atoms with Crippen molar-refractivity contribution in [3.63, 3.8) is 0 Å². The Morgan fingerprint density at radius 2 is 1.83 bits per heavy atom. The van der Waals surface area contributed by atoms with Crippen molar-refractivity contribution in [1.82, 2.24) is 15.2 Å². The van der Waals surface area contributed by atoms with E-state index in [1.54, 1.807) is 24.3 Å². The lowest BCUT2D eigenvalue weighted by molar-refractivity contribution is 0.427. The first-order chi connectivity index (χ1) is 14.0. The van der Waals surface area contributed by atoms with Gasteiger partial charge in [0.2, 0.25) is 5.82 Å². The van der Waals surface area contributed by atoms with Gasteiger partial charge in [0.15, 0.2) is 0 Å². The maximum Gasteiger partial charge on any atom is 0.341 e. The van der Waals surface area contributed by atoms with E-state index < -0.39 is 5.56 Å². The van der Waals surface area contributed by atoms with Crippen LogP contribution in [0.4, 0.5) is 11.5 Å². The lowest BCUT2D eigenvalue weighted by Gasteiger charge is -2.13. The minimum atomic E-state index is -0.498. The second kappa shape index (κ2) is 8.68. The molecule has 144 valence electrons. The average Bonchev–Trinajstić information content (AvgIpc) is 2.72. The lowest BCUT2D eigenvalue weighted by Crippen LogP contribution is -2.16. The zero-order chi connectivity index (χ0) is 20.8. The summed E-state index contributed by atoms with van der Waals surface area (Å²) in [5.41, 5.74) is 3.44. The fourth-order valence-corrected chi connectivity index (χ4v) is 2.85. The molecule has 0 unspecified atom stereocenters. The van der Waals surface area contributed by atoms with Crippen molar-refractivity contribution in [2.45, 2.75) is 26.7 Å². The third-order valence-electron chi connectivity index (χ3n) is 4.19. The molecular weight excluding hydrogens is 368 g/mol. The van der Waals surface area contributed by atoms with Crippen LogP contribution in [0.2, 0.25) is 0 Å². The van der Waals surface area contributed by atoms with Gasteiger partial charge in [-0.15, -0.1) is 5.10 Å². The van der Waals surface area contributed by atoms with Crippen LogP contribution in [0.3, 0.4) is 0 Å². The summed E-state index contributed by atoms with van der Waals surface area (Å²) in [5, 5.41) is 26.7. The summed E-state index contributed by atoms with van der Waals surface area (Å²) < 4.78 is 5.83. The summed E-state index contributed by atoms with van der Waals surface area (Å²) in [4.78, 5) is 16.2. The standard InChI is InChI=1S/C21H18N6O2/c1-13-10-16(4-3-9-22)11-14(2)18(13)29-21-25-19(20(28)26-27-21)24-17-7-5-15(12-23)6-8-17/h5-8,10-11H,3-4H2,1-2H3,(H,26,28)(H,24,25,27). The molecule has 0 bridgehead atoms. The van der Waals surface area contributed by atoms with E-state index >= 15 is 0 Å². The van der Waals surface area contributed by atoms with Crippen LogP contribution < -0.4 is 15.6 Å². The van der Waals surface area contributed by atoms with Gasteiger partial charge in [-0.05, 0) is 61.2 Å². The van der Waals surface area contributed by atoms with Crippen LogP contribution in [0.1, 0.15) is 28.7 Å². The summed E-state index contributed by atoms with van der Waals surface area (Å²) >= 11 is 0. The zero-order valence-electron chi connectivity index (χ0n) is 16.0. The van der Waals surface area contributed by atoms with Crippen molar-refractivity contribution in [3.8, 4) is 23.9 Å². The van der Waals surface area contributed by atoms with E-state index in [1.807, 2.05) is 32.0 Å². The van der Waals surface area contributed by atoms with Crippen LogP contribution in [0.25, 0.3) is 0 Å². The van der Waals surface area contributed by atoms with E-state index in [0.717, 1.165) is 16.7 Å². The summed E-state index contributed by atoms with van der Waals surface area (Å²) in [5.74, 6) is 0.628. The fourth-order valence-electron chi connectivity index (χ4n) is 2.85. The van der Waals surface area contributed by atoms with Gasteiger partial charge < -0.3 is 10.1 Å². The molecule has 8 nitrogen and oxygen atoms in total. The van der Waals surface area contributed by atoms with Gasteiger partial charge in [0.25, 0.3) is 0 Å². The second-order valence-corrected chi connectivity index (χ2v) is 6.43. The molecule has 8 heteroatoms. The molecule has 0 saturated heterocycles. The molecule has 2 N–H and O–H groups in total. The highest BCUT2D eigenvalue weighted by Crippen LogP contribution is 2.28. The van der Waals surface area contributed by atoms with E-state index in [9.17, 15) is 4.79 Å². The number of nitrogens with zero attached hydrogens (tertiary/aromatic N) is 4. The molecule has 0 aliphatic carbocycles. The van der Waals surface area contributed by atoms with Crippen LogP contribution >= 0.6 is 0 Å². The monoisotopic (exact) mass is 386 g/mol. The zero-order valence-corrected chi connectivity index (χ0v) is 16.0. The van der Waals surface area contributed by atoms with Gasteiger partial charge in [-0.2, -0.15) is 15.5 Å². The molecule has 0 saturated carbocycles. The van der Waals surface area contributed by atoms with Gasteiger partial charge in [0.05, 0.1) is 17.7 Å². The Bertz CT molecular complexity index is 1150. The van der Waals surface area contributed by atoms with Crippen LogP contribution in [-0.2, 0) is 6.42 Å². The van der Waals surface area contributed by atoms with Gasteiger partial charge in [0, 0.05) is 12.1 Å². The number of hydrogen-bond acceptors (Lipinski definition) is 7. The highest BCUT2D eigenvalue weighted by atomic mass is 16.5. The van der Waals surface area contributed by atoms with Crippen LogP contribution in [0.5, 0.6) is 11.8 Å². The maximum absolute atomic E-state index is 12.1. The third-order valence-corrected chi connectivity index (χ3v) is 4.19. The maximum atomic E-state index is 12.1. The molecule has 1 aromatic heterocycles. The number of ether oxygens (including phenoxy) is 1. The summed E-state index contributed by atoms with van der Waals surface area (Å²) in [6.07, 6.45) is 1.12. The van der Waals surface area contributed by atoms with Crippen molar-refractivity contribution < 1.29 is 4.74 Å². The lowest BCUT2D eigenvalue weighted by atomic mass is 10.0. The SMILES string of the molecule is Cc1cc(CCC#N)cc(C)c1Oc1n[nH]c(=O)c(Nc2ccc(C#N)cc2)n1. The van der Waals surface area contributed by atoms with Crippen LogP contribution in [-0.4, -0.2) is 15.2 Å². The first-order valence-corrected chi connectivity index (χ1v) is 8.89. The minimum Gasteiger partial charge on any atom is -0.423 e. The van der Waals surface area contributed by atoms with E-state index in [-0.39, 0.29) is 11.8 Å². The van der Waals surface area contributed by atoms with Crippen LogP contribution in [0.15, 0.2) is 41.2 Å². The predicted octanol–water partition coefficient (Wildman–Crippen LogP) is 3.65. The number of H-pyrrole nitrogens is 1. The topological polar surface area (TPSA) is 127 Å². The molecule has 3 rings (SSSR count). The summed E-state index contributed by atoms with van der Waals surface area (Å²) in [6, 6.07) is 14.7. The van der Waals surface area contributed by atoms with Gasteiger partial charge in [-0.25, -0.2) is 5.10 Å². The van der Waals surface area contributed by atoms with Crippen molar-refractivity contribution >= 4 is 11.5 Å². The van der Waals surface area contributed by atoms with E-state index in [0.29, 0.717) is 29.8 Å². The number of nitriles is 2. The molecule has 0 aliphatic rings.